The molecule has 2 fully saturated rings. The molecule has 2 bridgehead atoms. The fourth-order valence-corrected chi connectivity index (χ4v) is 4.66. The molecule has 27 heavy (non-hydrogen) atoms. The molecule has 3 amide bonds. The molecule has 4 unspecified atom stereocenters. The first-order chi connectivity index (χ1) is 13.1. The molecule has 1 aliphatic heterocycles. The number of benzene rings is 1. The Kier molecular flexibility index (Phi) is 3.56. The van der Waals surface area contributed by atoms with Crippen LogP contribution in [0.15, 0.2) is 42.7 Å². The van der Waals surface area contributed by atoms with E-state index in [1.807, 2.05) is 0 Å². The lowest BCUT2D eigenvalue weighted by Gasteiger charge is -2.17. The van der Waals surface area contributed by atoms with Crippen LogP contribution in [0.25, 0.3) is 11.0 Å². The van der Waals surface area contributed by atoms with Gasteiger partial charge in [0.05, 0.1) is 22.9 Å². The number of amides is 3. The molecule has 1 saturated carbocycles. The van der Waals surface area contributed by atoms with Crippen LogP contribution in [0.5, 0.6) is 0 Å². The summed E-state index contributed by atoms with van der Waals surface area (Å²) in [4.78, 5) is 47.2. The monoisotopic (exact) mass is 362 g/mol. The number of aromatic nitrogens is 2. The first-order valence-electron chi connectivity index (χ1n) is 9.16. The minimum atomic E-state index is -0.239. The number of carbonyl (C=O) groups is 3. The minimum Gasteiger partial charge on any atom is -0.326 e. The molecule has 1 N–H and O–H groups in total. The van der Waals surface area contributed by atoms with Gasteiger partial charge in [0.15, 0.2) is 0 Å². The zero-order valence-corrected chi connectivity index (χ0v) is 14.5. The van der Waals surface area contributed by atoms with E-state index in [1.54, 1.807) is 30.6 Å². The summed E-state index contributed by atoms with van der Waals surface area (Å²) < 4.78 is 0. The summed E-state index contributed by atoms with van der Waals surface area (Å²) in [6.45, 7) is 0.128. The number of carbonyl (C=O) groups excluding carboxylic acids is 3. The van der Waals surface area contributed by atoms with Crippen molar-refractivity contribution in [2.24, 2.45) is 23.7 Å². The van der Waals surface area contributed by atoms with Crippen molar-refractivity contribution in [2.45, 2.75) is 12.8 Å². The van der Waals surface area contributed by atoms with Crippen molar-refractivity contribution in [3.05, 3.63) is 42.7 Å². The molecule has 0 radical (unpaired) electrons. The standard InChI is InChI=1S/C20H18N4O3/c25-16(23-13-3-4-14-15(10-13)22-7-6-21-14)5-8-24-19(26)17-11-1-2-12(9-11)18(17)20(24)27/h1-4,6-7,10-12,17-18H,5,8-9H2,(H,23,25). The molecule has 7 nitrogen and oxygen atoms in total. The van der Waals surface area contributed by atoms with Crippen LogP contribution in [0, 0.1) is 23.7 Å². The van der Waals surface area contributed by atoms with Gasteiger partial charge in [-0.25, -0.2) is 0 Å². The maximum absolute atomic E-state index is 12.6. The Balaban J connectivity index is 1.23. The van der Waals surface area contributed by atoms with E-state index in [-0.39, 0.29) is 54.4 Å². The lowest BCUT2D eigenvalue weighted by Crippen LogP contribution is -2.35. The molecule has 7 heteroatoms. The third-order valence-corrected chi connectivity index (χ3v) is 5.88. The molecule has 1 aromatic heterocycles. The SMILES string of the molecule is O=C(CCN1C(=O)C2C3C=CC(C3)C2C1=O)Nc1ccc2nccnc2c1. The molecule has 3 aliphatic rings. The van der Waals surface area contributed by atoms with Crippen LogP contribution >= 0.6 is 0 Å². The van der Waals surface area contributed by atoms with Gasteiger partial charge in [-0.2, -0.15) is 0 Å². The Morgan fingerprint density at radius 3 is 2.41 bits per heavy atom. The Morgan fingerprint density at radius 1 is 1.04 bits per heavy atom. The van der Waals surface area contributed by atoms with E-state index in [0.29, 0.717) is 11.2 Å². The van der Waals surface area contributed by atoms with Gasteiger partial charge in [0.1, 0.15) is 0 Å². The topological polar surface area (TPSA) is 92.3 Å². The van der Waals surface area contributed by atoms with Crippen LogP contribution < -0.4 is 5.32 Å². The Morgan fingerprint density at radius 2 is 1.70 bits per heavy atom. The zero-order valence-electron chi connectivity index (χ0n) is 14.5. The van der Waals surface area contributed by atoms with Crippen molar-refractivity contribution in [2.75, 3.05) is 11.9 Å². The van der Waals surface area contributed by atoms with Gasteiger partial charge < -0.3 is 5.32 Å². The second kappa shape index (κ2) is 5.97. The van der Waals surface area contributed by atoms with Crippen LogP contribution in [0.1, 0.15) is 12.8 Å². The summed E-state index contributed by atoms with van der Waals surface area (Å²) in [6, 6.07) is 5.30. The summed E-state index contributed by atoms with van der Waals surface area (Å²) in [7, 11) is 0. The molecule has 136 valence electrons. The van der Waals surface area contributed by atoms with Gasteiger partial charge in [-0.3, -0.25) is 29.3 Å². The van der Waals surface area contributed by atoms with E-state index >= 15 is 0 Å². The van der Waals surface area contributed by atoms with Crippen molar-refractivity contribution < 1.29 is 14.4 Å². The smallest absolute Gasteiger partial charge is 0.233 e. The predicted molar refractivity (Wildman–Crippen MR) is 97.2 cm³/mol. The van der Waals surface area contributed by atoms with Crippen molar-refractivity contribution in [1.82, 2.24) is 14.9 Å². The van der Waals surface area contributed by atoms with Gasteiger partial charge in [0, 0.05) is 31.0 Å². The fraction of sp³-hybridized carbons (Fsp3) is 0.350. The second-order valence-corrected chi connectivity index (χ2v) is 7.39. The van der Waals surface area contributed by atoms with Gasteiger partial charge >= 0.3 is 0 Å². The summed E-state index contributed by atoms with van der Waals surface area (Å²) in [5, 5.41) is 2.80. The zero-order chi connectivity index (χ0) is 18.5. The van der Waals surface area contributed by atoms with Gasteiger partial charge in [0.25, 0.3) is 0 Å². The maximum Gasteiger partial charge on any atom is 0.233 e. The maximum atomic E-state index is 12.6. The van der Waals surface area contributed by atoms with Crippen LogP contribution in [0.2, 0.25) is 0 Å². The van der Waals surface area contributed by atoms with Crippen LogP contribution in [-0.4, -0.2) is 39.1 Å². The molecule has 1 saturated heterocycles. The van der Waals surface area contributed by atoms with Crippen molar-refractivity contribution in [1.29, 1.82) is 0 Å². The molecule has 1 aromatic carbocycles. The Hall–Kier alpha value is -3.09. The van der Waals surface area contributed by atoms with E-state index in [4.69, 9.17) is 0 Å². The molecule has 2 heterocycles. The van der Waals surface area contributed by atoms with E-state index in [0.717, 1.165) is 11.9 Å². The molecule has 0 spiro atoms. The van der Waals surface area contributed by atoms with E-state index in [9.17, 15) is 14.4 Å². The van der Waals surface area contributed by atoms with Gasteiger partial charge in [-0.1, -0.05) is 12.2 Å². The molecular weight excluding hydrogens is 344 g/mol. The molecule has 5 rings (SSSR count). The number of hydrogen-bond acceptors (Lipinski definition) is 5. The third-order valence-electron chi connectivity index (χ3n) is 5.88. The number of fused-ring (bicyclic) bond motifs is 6. The van der Waals surface area contributed by atoms with Gasteiger partial charge in [0.2, 0.25) is 17.7 Å². The Labute approximate surface area is 155 Å². The lowest BCUT2D eigenvalue weighted by atomic mass is 9.85. The average molecular weight is 362 g/mol. The number of anilines is 1. The van der Waals surface area contributed by atoms with Crippen molar-refractivity contribution in [3.63, 3.8) is 0 Å². The largest absolute Gasteiger partial charge is 0.326 e. The van der Waals surface area contributed by atoms with E-state index in [1.165, 1.54) is 4.90 Å². The quantitative estimate of drug-likeness (QED) is 0.661. The van der Waals surface area contributed by atoms with Gasteiger partial charge in [-0.05, 0) is 36.5 Å². The highest BCUT2D eigenvalue weighted by molar-refractivity contribution is 6.06. The lowest BCUT2D eigenvalue weighted by molar-refractivity contribution is -0.140. The number of nitrogens with one attached hydrogen (secondary N) is 1. The molecule has 4 atom stereocenters. The van der Waals surface area contributed by atoms with Crippen LogP contribution in [0.4, 0.5) is 5.69 Å². The summed E-state index contributed by atoms with van der Waals surface area (Å²) in [5.41, 5.74) is 2.06. The number of likely N-dealkylation sites (tertiary alicyclic amines) is 1. The highest BCUT2D eigenvalue weighted by Crippen LogP contribution is 2.52. The highest BCUT2D eigenvalue weighted by atomic mass is 16.2. The number of hydrogen-bond donors (Lipinski definition) is 1. The predicted octanol–water partition coefficient (Wildman–Crippen LogP) is 1.77. The van der Waals surface area contributed by atoms with E-state index in [2.05, 4.69) is 27.4 Å². The number of rotatable bonds is 4. The number of nitrogens with zero attached hydrogens (tertiary/aromatic N) is 3. The van der Waals surface area contributed by atoms with Crippen molar-refractivity contribution in [3.8, 4) is 0 Å². The van der Waals surface area contributed by atoms with Crippen LogP contribution in [-0.2, 0) is 14.4 Å². The van der Waals surface area contributed by atoms with E-state index < -0.39 is 0 Å². The summed E-state index contributed by atoms with van der Waals surface area (Å²) in [5.74, 6) is -0.518. The molecule has 2 aliphatic carbocycles. The van der Waals surface area contributed by atoms with Crippen LogP contribution in [0.3, 0.4) is 0 Å². The summed E-state index contributed by atoms with van der Waals surface area (Å²) >= 11 is 0. The first-order valence-corrected chi connectivity index (χ1v) is 9.16. The molecule has 2 aromatic rings. The Bertz CT molecular complexity index is 972. The van der Waals surface area contributed by atoms with Gasteiger partial charge in [-0.15, -0.1) is 0 Å². The number of imide groups is 1. The third kappa shape index (κ3) is 2.53. The highest BCUT2D eigenvalue weighted by Gasteiger charge is 2.58. The second-order valence-electron chi connectivity index (χ2n) is 7.39. The normalized spacial score (nSPS) is 28.2. The fourth-order valence-electron chi connectivity index (χ4n) is 4.66. The molecular formula is C20H18N4O3. The first kappa shape index (κ1) is 16.1. The minimum absolute atomic E-state index is 0.0815. The number of allylic oxidation sites excluding steroid dienone is 2. The average Bonchev–Trinajstić information content (AvgIpc) is 3.35. The summed E-state index contributed by atoms with van der Waals surface area (Å²) in [6.07, 6.45) is 8.33. The van der Waals surface area contributed by atoms with Crippen molar-refractivity contribution >= 4 is 34.4 Å².